The van der Waals surface area contributed by atoms with Crippen LogP contribution in [-0.2, 0) is 46.8 Å². The zero-order chi connectivity index (χ0) is 8.12. The van der Waals surface area contributed by atoms with Crippen molar-refractivity contribution in [2.24, 2.45) is 0 Å². The molecule has 0 spiro atoms. The molecule has 0 heterocycles. The molecule has 6 nitrogen and oxygen atoms in total. The van der Waals surface area contributed by atoms with Gasteiger partial charge in [-0.05, 0) is 0 Å². The first-order valence-corrected chi connectivity index (χ1v) is 1.41. The van der Waals surface area contributed by atoms with Crippen LogP contribution in [0.15, 0.2) is 0 Å². The maximum absolute atomic E-state index is 8.25. The van der Waals surface area contributed by atoms with E-state index >= 15 is 0 Å². The Balaban J connectivity index is -0.0000000257. The van der Waals surface area contributed by atoms with Crippen LogP contribution in [0, 0.1) is 0 Å². The molecule has 0 unspecified atom stereocenters. The van der Waals surface area contributed by atoms with Gasteiger partial charge in [0.2, 0.25) is 0 Å². The van der Waals surface area contributed by atoms with Crippen LogP contribution in [0.25, 0.3) is 0 Å². The van der Waals surface area contributed by atoms with Crippen molar-refractivity contribution in [3.8, 4) is 0 Å². The van der Waals surface area contributed by atoms with Gasteiger partial charge in [-0.3, -0.25) is 0 Å². The van der Waals surface area contributed by atoms with Gasteiger partial charge in [-0.15, -0.1) is 0 Å². The van der Waals surface area contributed by atoms with E-state index in [4.69, 9.17) is 29.2 Å². The van der Waals surface area contributed by atoms with E-state index in [-0.39, 0.29) is 32.7 Å². The van der Waals surface area contributed by atoms with Crippen LogP contribution in [0.3, 0.4) is 0 Å². The number of rotatable bonds is 0. The minimum atomic E-state index is -0.500. The third kappa shape index (κ3) is 41900. The van der Waals surface area contributed by atoms with E-state index in [1.54, 1.807) is 0 Å². The fraction of sp³-hybridized carbons (Fsp3) is 0. The zero-order valence-corrected chi connectivity index (χ0v) is 7.60. The first-order valence-electron chi connectivity index (χ1n) is 1.41. The van der Waals surface area contributed by atoms with Crippen molar-refractivity contribution < 1.29 is 61.9 Å². The molecule has 0 atom stereocenters. The summed E-state index contributed by atoms with van der Waals surface area (Å²) in [5.41, 5.74) is 0. The first-order chi connectivity index (χ1) is 4.24. The normalized spacial score (nSPS) is 2.40. The smallest absolute Gasteiger partial charge is 3.00 e. The molecule has 0 radical (unpaired) electrons. The Morgan fingerprint density at radius 3 is 0.700 bits per heavy atom. The molecular formula is B3O6Y. The molecule has 0 aromatic rings. The molecule has 48 valence electrons. The molecule has 0 aliphatic heterocycles. The largest absolute Gasteiger partial charge is 3.00 e. The van der Waals surface area contributed by atoms with E-state index in [0.717, 1.165) is 0 Å². The van der Waals surface area contributed by atoms with Crippen LogP contribution < -0.4 is 15.1 Å². The van der Waals surface area contributed by atoms with E-state index < -0.39 is 22.1 Å². The van der Waals surface area contributed by atoms with E-state index in [1.807, 2.05) is 0 Å². The molecule has 0 bridgehead atoms. The topological polar surface area (TPSA) is 120 Å². The van der Waals surface area contributed by atoms with E-state index in [2.05, 4.69) is 0 Å². The van der Waals surface area contributed by atoms with E-state index in [0.29, 0.717) is 0 Å². The average molecular weight is 217 g/mol. The van der Waals surface area contributed by atoms with Crippen LogP contribution in [0.4, 0.5) is 0 Å². The molecule has 0 N–H and O–H groups in total. The molecule has 0 rings (SSSR count). The minimum absolute atomic E-state index is 0. The Labute approximate surface area is 83.8 Å². The molecule has 0 aromatic carbocycles. The predicted octanol–water partition coefficient (Wildman–Crippen LogP) is -5.07. The Bertz CT molecular complexity index is 49.7. The van der Waals surface area contributed by atoms with Gasteiger partial charge in [0.05, 0.1) is 0 Å². The second-order valence-corrected chi connectivity index (χ2v) is 0.289. The summed E-state index contributed by atoms with van der Waals surface area (Å²) in [6.07, 6.45) is 0. The molecule has 0 fully saturated rings. The fourth-order valence-corrected chi connectivity index (χ4v) is 0. The van der Waals surface area contributed by atoms with Crippen LogP contribution >= 0.6 is 0 Å². The number of hydrogen-bond donors (Lipinski definition) is 0. The summed E-state index contributed by atoms with van der Waals surface area (Å²) in [7, 11) is -1.50. The summed E-state index contributed by atoms with van der Waals surface area (Å²) in [4.78, 5) is 0. The minimum Gasteiger partial charge on any atom is 3.00 e. The Morgan fingerprint density at radius 1 is 0.700 bits per heavy atom. The average Bonchev–Trinajstić information content (AvgIpc) is 1.70. The van der Waals surface area contributed by atoms with Gasteiger partial charge >= 0.3 is 84.0 Å². The molecule has 0 aliphatic carbocycles. The zero-order valence-electron chi connectivity index (χ0n) is 4.76. The molecule has 10 heteroatoms. The molecule has 10 heavy (non-hydrogen) atoms. The van der Waals surface area contributed by atoms with Crippen LogP contribution in [0.5, 0.6) is 0 Å². The molecule has 0 aromatic heterocycles. The first kappa shape index (κ1) is 22.5. The maximum Gasteiger partial charge on any atom is 3.00 e. The second-order valence-electron chi connectivity index (χ2n) is 0.289. The van der Waals surface area contributed by atoms with Crippen molar-refractivity contribution in [3.63, 3.8) is 0 Å². The number of hydrogen-bond acceptors (Lipinski definition) is 6. The second kappa shape index (κ2) is 62.2. The van der Waals surface area contributed by atoms with Gasteiger partial charge in [0.15, 0.2) is 0 Å². The van der Waals surface area contributed by atoms with Crippen LogP contribution in [-0.4, -0.2) is 22.1 Å². The summed E-state index contributed by atoms with van der Waals surface area (Å²) in [6.45, 7) is 0. The van der Waals surface area contributed by atoms with Crippen molar-refractivity contribution in [1.29, 1.82) is 0 Å². The Morgan fingerprint density at radius 2 is 0.700 bits per heavy atom. The van der Waals surface area contributed by atoms with Crippen molar-refractivity contribution in [1.82, 2.24) is 0 Å². The summed E-state index contributed by atoms with van der Waals surface area (Å²) >= 11 is 0. The predicted molar refractivity (Wildman–Crippen MR) is 19.3 cm³/mol. The van der Waals surface area contributed by atoms with Crippen LogP contribution in [0.1, 0.15) is 0 Å². The Kier molecular flexibility index (Phi) is 140. The van der Waals surface area contributed by atoms with Gasteiger partial charge in [-0.2, -0.15) is 0 Å². The standard InChI is InChI=1S/3BO2.Y/c3*2-1-3;/q3*-1;+3. The monoisotopic (exact) mass is 218 g/mol. The molecule has 0 saturated heterocycles. The summed E-state index contributed by atoms with van der Waals surface area (Å²) in [6, 6.07) is 0. The summed E-state index contributed by atoms with van der Waals surface area (Å²) < 4.78 is 24.8. The van der Waals surface area contributed by atoms with E-state index in [9.17, 15) is 0 Å². The van der Waals surface area contributed by atoms with Gasteiger partial charge in [-0.25, -0.2) is 0 Å². The van der Waals surface area contributed by atoms with Crippen molar-refractivity contribution in [3.05, 3.63) is 0 Å². The quantitative estimate of drug-likeness (QED) is 0.374. The SMILES string of the molecule is O=B[O-].O=B[O-].O=B[O-].[Y+3]. The van der Waals surface area contributed by atoms with Crippen LogP contribution in [0.2, 0.25) is 0 Å². The summed E-state index contributed by atoms with van der Waals surface area (Å²) in [5, 5.41) is 24.8. The molecule has 0 amide bonds. The van der Waals surface area contributed by atoms with Gasteiger partial charge < -0.3 is 0 Å². The van der Waals surface area contributed by atoms with Gasteiger partial charge in [0, 0.05) is 0 Å². The summed E-state index contributed by atoms with van der Waals surface area (Å²) in [5.74, 6) is 0. The molecule has 0 saturated carbocycles. The van der Waals surface area contributed by atoms with Crippen molar-refractivity contribution >= 4 is 22.1 Å². The van der Waals surface area contributed by atoms with Gasteiger partial charge in [-0.1, -0.05) is 0 Å². The van der Waals surface area contributed by atoms with E-state index in [1.165, 1.54) is 0 Å². The maximum atomic E-state index is 8.25. The third-order valence-corrected chi connectivity index (χ3v) is 0. The molecular weight excluding hydrogens is 217 g/mol. The van der Waals surface area contributed by atoms with Gasteiger partial charge in [0.25, 0.3) is 0 Å². The fourth-order valence-electron chi connectivity index (χ4n) is 0. The van der Waals surface area contributed by atoms with Crippen molar-refractivity contribution in [2.45, 2.75) is 0 Å². The van der Waals surface area contributed by atoms with Gasteiger partial charge in [0.1, 0.15) is 0 Å². The third-order valence-electron chi connectivity index (χ3n) is 0. The van der Waals surface area contributed by atoms with Crippen molar-refractivity contribution in [2.75, 3.05) is 0 Å². The Hall–Kier alpha value is 0.0987. The molecule has 0 aliphatic rings.